The molecule has 1 aromatic heterocycles. The summed E-state index contributed by atoms with van der Waals surface area (Å²) >= 11 is 0. The van der Waals surface area contributed by atoms with Gasteiger partial charge in [0.05, 0.1) is 5.56 Å². The quantitative estimate of drug-likeness (QED) is 0.434. The number of Topliss-reactive ketones (excluding diaryl/α,β-unsaturated/α-hetero) is 1. The highest BCUT2D eigenvalue weighted by atomic mass is 19.1. The van der Waals surface area contributed by atoms with Crippen LogP contribution in [0.3, 0.4) is 0 Å². The fraction of sp³-hybridized carbons (Fsp3) is 0.208. The SMILES string of the molecule is Cc1ccc(-n2c(C)cc(C(=O)COC(=O)c3ccc(CNC(N)=O)cc3)c2C)cc1F. The fourth-order valence-corrected chi connectivity index (χ4v) is 3.40. The van der Waals surface area contributed by atoms with Crippen molar-refractivity contribution in [3.05, 3.63) is 88.0 Å². The molecule has 0 unspecified atom stereocenters. The molecule has 3 N–H and O–H groups in total. The third kappa shape index (κ3) is 5.03. The van der Waals surface area contributed by atoms with E-state index in [9.17, 15) is 18.8 Å². The number of aromatic nitrogens is 1. The van der Waals surface area contributed by atoms with E-state index in [1.807, 2.05) is 6.92 Å². The Bertz CT molecular complexity index is 1180. The molecule has 2 amide bonds. The summed E-state index contributed by atoms with van der Waals surface area (Å²) in [4.78, 5) is 35.8. The van der Waals surface area contributed by atoms with Crippen molar-refractivity contribution in [1.29, 1.82) is 0 Å². The van der Waals surface area contributed by atoms with Gasteiger partial charge in [0.2, 0.25) is 5.78 Å². The number of esters is 1. The van der Waals surface area contributed by atoms with Crippen LogP contribution in [0.15, 0.2) is 48.5 Å². The second-order valence-corrected chi connectivity index (χ2v) is 7.47. The number of hydrogen-bond donors (Lipinski definition) is 2. The summed E-state index contributed by atoms with van der Waals surface area (Å²) in [6.07, 6.45) is 0. The molecule has 32 heavy (non-hydrogen) atoms. The van der Waals surface area contributed by atoms with Crippen LogP contribution >= 0.6 is 0 Å². The number of hydrogen-bond acceptors (Lipinski definition) is 4. The first-order valence-electron chi connectivity index (χ1n) is 9.95. The molecular weight excluding hydrogens is 413 g/mol. The first kappa shape index (κ1) is 22.7. The predicted octanol–water partition coefficient (Wildman–Crippen LogP) is 3.75. The standard InChI is InChI=1S/C24H24FN3O4/c1-14-4-9-19(11-21(14)25)28-15(2)10-20(16(28)3)22(29)13-32-23(30)18-7-5-17(6-8-18)12-27-24(26)31/h4-11H,12-13H2,1-3H3,(H3,26,27,31). The van der Waals surface area contributed by atoms with Crippen LogP contribution in [0, 0.1) is 26.6 Å². The van der Waals surface area contributed by atoms with E-state index in [1.165, 1.54) is 6.07 Å². The van der Waals surface area contributed by atoms with Crippen LogP contribution in [-0.4, -0.2) is 29.0 Å². The number of ketones is 1. The first-order valence-corrected chi connectivity index (χ1v) is 9.95. The van der Waals surface area contributed by atoms with Crippen molar-refractivity contribution < 1.29 is 23.5 Å². The van der Waals surface area contributed by atoms with E-state index < -0.39 is 18.6 Å². The van der Waals surface area contributed by atoms with Gasteiger partial charge in [-0.05, 0) is 62.2 Å². The van der Waals surface area contributed by atoms with E-state index in [-0.39, 0.29) is 23.7 Å². The second kappa shape index (κ2) is 9.47. The number of nitrogens with two attached hydrogens (primary N) is 1. The number of nitrogens with one attached hydrogen (secondary N) is 1. The average Bonchev–Trinajstić information content (AvgIpc) is 3.06. The molecule has 0 saturated heterocycles. The van der Waals surface area contributed by atoms with Crippen molar-refractivity contribution in [2.75, 3.05) is 6.61 Å². The monoisotopic (exact) mass is 437 g/mol. The van der Waals surface area contributed by atoms with Crippen molar-refractivity contribution in [2.45, 2.75) is 27.3 Å². The summed E-state index contributed by atoms with van der Waals surface area (Å²) in [5.41, 5.74) is 9.03. The van der Waals surface area contributed by atoms with Gasteiger partial charge in [0.1, 0.15) is 5.82 Å². The number of carbonyl (C=O) groups excluding carboxylic acids is 3. The Morgan fingerprint density at radius 3 is 2.34 bits per heavy atom. The number of nitrogens with zero attached hydrogens (tertiary/aromatic N) is 1. The van der Waals surface area contributed by atoms with E-state index in [0.29, 0.717) is 22.5 Å². The molecule has 0 aliphatic heterocycles. The Morgan fingerprint density at radius 1 is 1.03 bits per heavy atom. The topological polar surface area (TPSA) is 103 Å². The van der Waals surface area contributed by atoms with Crippen LogP contribution in [0.2, 0.25) is 0 Å². The zero-order chi connectivity index (χ0) is 23.4. The summed E-state index contributed by atoms with van der Waals surface area (Å²) in [7, 11) is 0. The predicted molar refractivity (Wildman–Crippen MR) is 117 cm³/mol. The normalized spacial score (nSPS) is 10.6. The van der Waals surface area contributed by atoms with Crippen molar-refractivity contribution in [3.8, 4) is 5.69 Å². The van der Waals surface area contributed by atoms with Gasteiger partial charge in [-0.15, -0.1) is 0 Å². The highest BCUT2D eigenvalue weighted by molar-refractivity contribution is 6.00. The lowest BCUT2D eigenvalue weighted by Crippen LogP contribution is -2.28. The summed E-state index contributed by atoms with van der Waals surface area (Å²) in [5, 5.41) is 2.45. The summed E-state index contributed by atoms with van der Waals surface area (Å²) in [5.74, 6) is -1.32. The molecule has 3 aromatic rings. The van der Waals surface area contributed by atoms with E-state index >= 15 is 0 Å². The number of primary amides is 1. The van der Waals surface area contributed by atoms with Gasteiger partial charge in [0.25, 0.3) is 0 Å². The molecule has 0 aliphatic rings. The molecule has 8 heteroatoms. The van der Waals surface area contributed by atoms with Gasteiger partial charge in [-0.3, -0.25) is 4.79 Å². The number of benzene rings is 2. The van der Waals surface area contributed by atoms with Crippen LogP contribution in [0.25, 0.3) is 5.69 Å². The van der Waals surface area contributed by atoms with Crippen LogP contribution in [-0.2, 0) is 11.3 Å². The van der Waals surface area contributed by atoms with E-state index in [4.69, 9.17) is 10.5 Å². The number of carbonyl (C=O) groups is 3. The van der Waals surface area contributed by atoms with Gasteiger partial charge in [0, 0.05) is 29.2 Å². The minimum Gasteiger partial charge on any atom is -0.454 e. The maximum absolute atomic E-state index is 14.0. The molecule has 0 radical (unpaired) electrons. The highest BCUT2D eigenvalue weighted by Crippen LogP contribution is 2.23. The van der Waals surface area contributed by atoms with Crippen molar-refractivity contribution in [2.24, 2.45) is 5.73 Å². The highest BCUT2D eigenvalue weighted by Gasteiger charge is 2.19. The minimum absolute atomic E-state index is 0.240. The Hall–Kier alpha value is -3.94. The number of ether oxygens (including phenoxy) is 1. The molecular formula is C24H24FN3O4. The lowest BCUT2D eigenvalue weighted by atomic mass is 10.1. The minimum atomic E-state index is -0.640. The zero-order valence-corrected chi connectivity index (χ0v) is 18.1. The first-order chi connectivity index (χ1) is 15.2. The van der Waals surface area contributed by atoms with Gasteiger partial charge >= 0.3 is 12.0 Å². The van der Waals surface area contributed by atoms with Gasteiger partial charge in [-0.1, -0.05) is 18.2 Å². The molecule has 0 saturated carbocycles. The number of amides is 2. The molecule has 2 aromatic carbocycles. The lowest BCUT2D eigenvalue weighted by Gasteiger charge is -2.11. The molecule has 166 valence electrons. The average molecular weight is 437 g/mol. The summed E-state index contributed by atoms with van der Waals surface area (Å²) < 4.78 is 21.0. The van der Waals surface area contributed by atoms with E-state index in [2.05, 4.69) is 5.32 Å². The molecule has 3 rings (SSSR count). The number of aryl methyl sites for hydroxylation is 2. The smallest absolute Gasteiger partial charge is 0.338 e. The third-order valence-corrected chi connectivity index (χ3v) is 5.14. The fourth-order valence-electron chi connectivity index (χ4n) is 3.40. The number of halogens is 1. The lowest BCUT2D eigenvalue weighted by molar-refractivity contribution is 0.0474. The van der Waals surface area contributed by atoms with Gasteiger partial charge in [0.15, 0.2) is 6.61 Å². The van der Waals surface area contributed by atoms with Gasteiger partial charge in [-0.2, -0.15) is 0 Å². The van der Waals surface area contributed by atoms with Gasteiger partial charge in [-0.25, -0.2) is 14.0 Å². The largest absolute Gasteiger partial charge is 0.454 e. The van der Waals surface area contributed by atoms with Crippen LogP contribution < -0.4 is 11.1 Å². The number of urea groups is 1. The Morgan fingerprint density at radius 2 is 1.72 bits per heavy atom. The Balaban J connectivity index is 1.68. The summed E-state index contributed by atoms with van der Waals surface area (Å²) in [6.45, 7) is 5.09. The van der Waals surface area contributed by atoms with Crippen LogP contribution in [0.5, 0.6) is 0 Å². The molecule has 0 aliphatic carbocycles. The molecule has 0 bridgehead atoms. The molecule has 0 fully saturated rings. The third-order valence-electron chi connectivity index (χ3n) is 5.14. The number of rotatable bonds is 7. The molecule has 0 atom stereocenters. The Labute approximate surface area is 185 Å². The summed E-state index contributed by atoms with van der Waals surface area (Å²) in [6, 6.07) is 12.4. The van der Waals surface area contributed by atoms with Crippen LogP contribution in [0.1, 0.15) is 43.2 Å². The molecule has 1 heterocycles. The molecule has 7 nitrogen and oxygen atoms in total. The van der Waals surface area contributed by atoms with Crippen LogP contribution in [0.4, 0.5) is 9.18 Å². The second-order valence-electron chi connectivity index (χ2n) is 7.47. The zero-order valence-electron chi connectivity index (χ0n) is 18.1. The maximum atomic E-state index is 14.0. The van der Waals surface area contributed by atoms with Crippen molar-refractivity contribution in [3.63, 3.8) is 0 Å². The van der Waals surface area contributed by atoms with E-state index in [1.54, 1.807) is 60.9 Å². The molecule has 0 spiro atoms. The maximum Gasteiger partial charge on any atom is 0.338 e. The van der Waals surface area contributed by atoms with E-state index in [0.717, 1.165) is 11.3 Å². The van der Waals surface area contributed by atoms with Crippen molar-refractivity contribution in [1.82, 2.24) is 9.88 Å². The van der Waals surface area contributed by atoms with Crippen molar-refractivity contribution >= 4 is 17.8 Å². The van der Waals surface area contributed by atoms with Gasteiger partial charge < -0.3 is 20.4 Å². The Kier molecular flexibility index (Phi) is 6.73.